The Balaban J connectivity index is 2.01. The van der Waals surface area contributed by atoms with E-state index < -0.39 is 22.0 Å². The summed E-state index contributed by atoms with van der Waals surface area (Å²) in [5, 5.41) is 2.67. The number of halogens is 1. The number of carbonyl (C=O) groups excluding carboxylic acids is 1. The number of rotatable bonds is 8. The summed E-state index contributed by atoms with van der Waals surface area (Å²) in [6, 6.07) is 9.87. The highest BCUT2D eigenvalue weighted by Crippen LogP contribution is 2.23. The van der Waals surface area contributed by atoms with Crippen LogP contribution in [0, 0.1) is 19.7 Å². The third-order valence-electron chi connectivity index (χ3n) is 4.32. The molecule has 0 aliphatic rings. The minimum atomic E-state index is -3.66. The molecular formula is C20H25FN2O4S. The minimum absolute atomic E-state index is 0.173. The Morgan fingerprint density at radius 1 is 1.14 bits per heavy atom. The van der Waals surface area contributed by atoms with Crippen LogP contribution in [0.25, 0.3) is 0 Å². The van der Waals surface area contributed by atoms with Crippen molar-refractivity contribution in [3.63, 3.8) is 0 Å². The first kappa shape index (κ1) is 21.7. The van der Waals surface area contributed by atoms with E-state index in [2.05, 4.69) is 5.32 Å². The van der Waals surface area contributed by atoms with Gasteiger partial charge in [0.05, 0.1) is 18.5 Å². The van der Waals surface area contributed by atoms with Crippen LogP contribution in [0.4, 0.5) is 10.1 Å². The number of hydrogen-bond donors (Lipinski definition) is 1. The van der Waals surface area contributed by atoms with Gasteiger partial charge in [0.15, 0.2) is 0 Å². The fourth-order valence-electron chi connectivity index (χ4n) is 2.69. The van der Waals surface area contributed by atoms with Crippen molar-refractivity contribution in [3.8, 4) is 5.75 Å². The summed E-state index contributed by atoms with van der Waals surface area (Å²) in [4.78, 5) is 12.5. The zero-order valence-electron chi connectivity index (χ0n) is 16.4. The first-order valence-corrected chi connectivity index (χ1v) is 10.7. The Morgan fingerprint density at radius 3 is 2.36 bits per heavy atom. The Bertz CT molecular complexity index is 930. The van der Waals surface area contributed by atoms with Crippen molar-refractivity contribution >= 4 is 21.6 Å². The molecule has 0 saturated heterocycles. The maximum absolute atomic E-state index is 12.9. The molecule has 6 nitrogen and oxygen atoms in total. The van der Waals surface area contributed by atoms with Crippen LogP contribution < -0.4 is 14.4 Å². The van der Waals surface area contributed by atoms with Gasteiger partial charge in [0.2, 0.25) is 15.9 Å². The van der Waals surface area contributed by atoms with Gasteiger partial charge in [-0.2, -0.15) is 0 Å². The number of nitrogens with one attached hydrogen (secondary N) is 1. The van der Waals surface area contributed by atoms with Crippen LogP contribution in [0.1, 0.15) is 18.1 Å². The molecule has 152 valence electrons. The SMILES string of the molecule is Cc1ccc(N([C@H](C)C(=O)NCCOc2ccc(F)cc2)S(C)(=O)=O)cc1C. The predicted molar refractivity (Wildman–Crippen MR) is 108 cm³/mol. The van der Waals surface area contributed by atoms with Crippen molar-refractivity contribution in [2.24, 2.45) is 0 Å². The summed E-state index contributed by atoms with van der Waals surface area (Å²) in [6.45, 7) is 5.71. The summed E-state index contributed by atoms with van der Waals surface area (Å²) < 4.78 is 44.0. The zero-order valence-corrected chi connectivity index (χ0v) is 17.2. The Morgan fingerprint density at radius 2 is 1.79 bits per heavy atom. The molecule has 2 aromatic rings. The van der Waals surface area contributed by atoms with Gasteiger partial charge in [-0.25, -0.2) is 12.8 Å². The molecule has 1 amide bonds. The number of carbonyl (C=O) groups is 1. The highest BCUT2D eigenvalue weighted by molar-refractivity contribution is 7.92. The number of anilines is 1. The fourth-order valence-corrected chi connectivity index (χ4v) is 3.86. The van der Waals surface area contributed by atoms with E-state index in [0.29, 0.717) is 11.4 Å². The molecule has 28 heavy (non-hydrogen) atoms. The van der Waals surface area contributed by atoms with Crippen molar-refractivity contribution in [1.29, 1.82) is 0 Å². The molecule has 0 spiro atoms. The van der Waals surface area contributed by atoms with E-state index in [4.69, 9.17) is 4.74 Å². The summed E-state index contributed by atoms with van der Waals surface area (Å²) in [5.41, 5.74) is 2.41. The molecule has 2 aromatic carbocycles. The number of nitrogens with zero attached hydrogens (tertiary/aromatic N) is 1. The lowest BCUT2D eigenvalue weighted by atomic mass is 10.1. The number of aryl methyl sites for hydroxylation is 2. The van der Waals surface area contributed by atoms with Gasteiger partial charge in [-0.1, -0.05) is 6.07 Å². The number of sulfonamides is 1. The maximum Gasteiger partial charge on any atom is 0.243 e. The predicted octanol–water partition coefficient (Wildman–Crippen LogP) is 2.79. The molecule has 0 saturated carbocycles. The monoisotopic (exact) mass is 408 g/mol. The average molecular weight is 408 g/mol. The van der Waals surface area contributed by atoms with E-state index in [1.807, 2.05) is 19.9 Å². The molecule has 1 atom stereocenters. The van der Waals surface area contributed by atoms with Crippen molar-refractivity contribution in [1.82, 2.24) is 5.32 Å². The van der Waals surface area contributed by atoms with Crippen molar-refractivity contribution in [3.05, 3.63) is 59.4 Å². The van der Waals surface area contributed by atoms with Crippen LogP contribution in [0.2, 0.25) is 0 Å². The smallest absolute Gasteiger partial charge is 0.243 e. The topological polar surface area (TPSA) is 75.7 Å². The van der Waals surface area contributed by atoms with E-state index in [-0.39, 0.29) is 19.0 Å². The zero-order chi connectivity index (χ0) is 20.9. The van der Waals surface area contributed by atoms with Crippen LogP contribution in [0.3, 0.4) is 0 Å². The van der Waals surface area contributed by atoms with Crippen LogP contribution >= 0.6 is 0 Å². The first-order chi connectivity index (χ1) is 13.1. The van der Waals surface area contributed by atoms with E-state index in [1.165, 1.54) is 31.2 Å². The Hall–Kier alpha value is -2.61. The first-order valence-electron chi connectivity index (χ1n) is 8.82. The molecule has 0 unspecified atom stereocenters. The van der Waals surface area contributed by atoms with Crippen LogP contribution in [0.5, 0.6) is 5.75 Å². The van der Waals surface area contributed by atoms with E-state index in [1.54, 1.807) is 12.1 Å². The molecule has 0 aliphatic carbocycles. The van der Waals surface area contributed by atoms with Crippen LogP contribution in [-0.4, -0.2) is 39.8 Å². The molecular weight excluding hydrogens is 383 g/mol. The van der Waals surface area contributed by atoms with Crippen molar-refractivity contribution < 1.29 is 22.3 Å². The molecule has 0 radical (unpaired) electrons. The Labute approximate surface area is 165 Å². The highest BCUT2D eigenvalue weighted by atomic mass is 32.2. The third kappa shape index (κ3) is 5.69. The standard InChI is InChI=1S/C20H25FN2O4S/c1-14-5-8-18(13-15(14)2)23(28(4,25)26)16(3)20(24)22-11-12-27-19-9-6-17(21)7-10-19/h5-10,13,16H,11-12H2,1-4H3,(H,22,24)/t16-/m1/s1. The van der Waals surface area contributed by atoms with E-state index in [9.17, 15) is 17.6 Å². The summed E-state index contributed by atoms with van der Waals surface area (Å²) in [5.74, 6) is -0.315. The molecule has 0 heterocycles. The third-order valence-corrected chi connectivity index (χ3v) is 5.56. The summed E-state index contributed by atoms with van der Waals surface area (Å²) in [6.07, 6.45) is 1.07. The number of benzene rings is 2. The van der Waals surface area contributed by atoms with E-state index >= 15 is 0 Å². The fraction of sp³-hybridized carbons (Fsp3) is 0.350. The van der Waals surface area contributed by atoms with Gasteiger partial charge in [0.25, 0.3) is 0 Å². The van der Waals surface area contributed by atoms with E-state index in [0.717, 1.165) is 21.7 Å². The summed E-state index contributed by atoms with van der Waals surface area (Å²) in [7, 11) is -3.66. The second-order valence-corrected chi connectivity index (χ2v) is 8.46. The molecule has 0 fully saturated rings. The minimum Gasteiger partial charge on any atom is -0.492 e. The van der Waals surface area contributed by atoms with Gasteiger partial charge >= 0.3 is 0 Å². The summed E-state index contributed by atoms with van der Waals surface area (Å²) >= 11 is 0. The lowest BCUT2D eigenvalue weighted by molar-refractivity contribution is -0.121. The maximum atomic E-state index is 12.9. The molecule has 0 aliphatic heterocycles. The van der Waals surface area contributed by atoms with Gasteiger partial charge in [0, 0.05) is 0 Å². The lowest BCUT2D eigenvalue weighted by Crippen LogP contribution is -2.48. The molecule has 8 heteroatoms. The second kappa shape index (κ2) is 9.05. The molecule has 0 aromatic heterocycles. The molecule has 2 rings (SSSR count). The average Bonchev–Trinajstić information content (AvgIpc) is 2.62. The van der Waals surface area contributed by atoms with Crippen LogP contribution in [-0.2, 0) is 14.8 Å². The van der Waals surface area contributed by atoms with Gasteiger partial charge < -0.3 is 10.1 Å². The van der Waals surface area contributed by atoms with Gasteiger partial charge in [0.1, 0.15) is 24.2 Å². The quantitative estimate of drug-likeness (QED) is 0.682. The number of ether oxygens (including phenoxy) is 1. The molecule has 0 bridgehead atoms. The highest BCUT2D eigenvalue weighted by Gasteiger charge is 2.29. The van der Waals surface area contributed by atoms with Gasteiger partial charge in [-0.05, 0) is 68.3 Å². The lowest BCUT2D eigenvalue weighted by Gasteiger charge is -2.28. The largest absolute Gasteiger partial charge is 0.492 e. The number of hydrogen-bond acceptors (Lipinski definition) is 4. The number of amides is 1. The normalized spacial score (nSPS) is 12.3. The molecule has 1 N–H and O–H groups in total. The second-order valence-electron chi connectivity index (χ2n) is 6.60. The van der Waals surface area contributed by atoms with Gasteiger partial charge in [-0.3, -0.25) is 9.10 Å². The van der Waals surface area contributed by atoms with Crippen LogP contribution in [0.15, 0.2) is 42.5 Å². The Kier molecular flexibility index (Phi) is 7.01. The van der Waals surface area contributed by atoms with Crippen molar-refractivity contribution in [2.75, 3.05) is 23.7 Å². The van der Waals surface area contributed by atoms with Gasteiger partial charge in [-0.15, -0.1) is 0 Å². The van der Waals surface area contributed by atoms with Crippen molar-refractivity contribution in [2.45, 2.75) is 26.8 Å².